The number of aromatic nitrogens is 3. The van der Waals surface area contributed by atoms with Crippen LogP contribution in [0.4, 0.5) is 23.4 Å². The summed E-state index contributed by atoms with van der Waals surface area (Å²) in [6.45, 7) is 2.39. The van der Waals surface area contributed by atoms with Gasteiger partial charge in [-0.3, -0.25) is 4.98 Å². The Hall–Kier alpha value is -2.49. The molecule has 0 saturated heterocycles. The van der Waals surface area contributed by atoms with Gasteiger partial charge in [0.05, 0.1) is 17.6 Å². The van der Waals surface area contributed by atoms with Gasteiger partial charge in [0.1, 0.15) is 0 Å². The number of hydrogen-bond donors (Lipinski definition) is 2. The highest BCUT2D eigenvalue weighted by atomic mass is 19.4. The van der Waals surface area contributed by atoms with Crippen LogP contribution in [0.1, 0.15) is 12.6 Å². The first kappa shape index (κ1) is 16.9. The van der Waals surface area contributed by atoms with Crippen LogP contribution in [0.3, 0.4) is 0 Å². The molecule has 0 spiro atoms. The summed E-state index contributed by atoms with van der Waals surface area (Å²) in [6, 6.07) is 0.984. The van der Waals surface area contributed by atoms with Crippen LogP contribution in [0.25, 0.3) is 11.3 Å². The van der Waals surface area contributed by atoms with E-state index in [-0.39, 0.29) is 5.56 Å². The molecule has 0 aliphatic heterocycles. The summed E-state index contributed by atoms with van der Waals surface area (Å²) >= 11 is 0. The van der Waals surface area contributed by atoms with Crippen LogP contribution in [-0.2, 0) is 0 Å². The van der Waals surface area contributed by atoms with Crippen LogP contribution in [-0.4, -0.2) is 27.2 Å². The first-order chi connectivity index (χ1) is 10.7. The zero-order valence-corrected chi connectivity index (χ0v) is 12.1. The number of aryl methyl sites for hydroxylation is 1. The molecule has 10 heteroatoms. The van der Waals surface area contributed by atoms with Crippen LogP contribution in [0.2, 0.25) is 0 Å². The molecule has 2 heterocycles. The fourth-order valence-electron chi connectivity index (χ4n) is 1.71. The Kier molecular flexibility index (Phi) is 4.64. The topological polar surface area (TPSA) is 86.0 Å². The second kappa shape index (κ2) is 6.32. The maximum absolute atomic E-state index is 13.9. The average Bonchev–Trinajstić information content (AvgIpc) is 2.48. The zero-order chi connectivity index (χ0) is 17.2. The van der Waals surface area contributed by atoms with Gasteiger partial charge in [-0.1, -0.05) is 0 Å². The predicted octanol–water partition coefficient (Wildman–Crippen LogP) is 2.60. The van der Waals surface area contributed by atoms with Crippen molar-refractivity contribution in [2.75, 3.05) is 5.43 Å². The molecule has 0 aliphatic carbocycles. The van der Waals surface area contributed by atoms with Crippen molar-refractivity contribution in [2.45, 2.75) is 26.1 Å². The van der Waals surface area contributed by atoms with E-state index in [1.165, 1.54) is 6.20 Å². The lowest BCUT2D eigenvalue weighted by molar-refractivity contribution is -0.190. The highest BCUT2D eigenvalue weighted by Gasteiger charge is 2.38. The molecule has 2 aromatic heterocycles. The monoisotopic (exact) mass is 331 g/mol. The average molecular weight is 331 g/mol. The molecule has 124 valence electrons. The third-order valence-corrected chi connectivity index (χ3v) is 2.92. The van der Waals surface area contributed by atoms with Gasteiger partial charge in [-0.2, -0.15) is 13.2 Å². The number of nitrogens with one attached hydrogen (secondary N) is 1. The molecule has 0 unspecified atom stereocenters. The molecule has 0 aliphatic rings. The standard InChI is InChI=1S/C13H13F4N5O/c1-6-11(19-5-10(21-6)22-18)8-3-9(14)12(20-4-8)23-7(2)13(15,16)17/h3-5,7H,18H2,1-2H3,(H,21,22)/t7-/m0/s1. The summed E-state index contributed by atoms with van der Waals surface area (Å²) in [5, 5.41) is 0. The van der Waals surface area contributed by atoms with Crippen molar-refractivity contribution in [2.24, 2.45) is 5.84 Å². The van der Waals surface area contributed by atoms with E-state index in [4.69, 9.17) is 5.84 Å². The van der Waals surface area contributed by atoms with Crippen LogP contribution < -0.4 is 16.0 Å². The van der Waals surface area contributed by atoms with Gasteiger partial charge in [-0.05, 0) is 19.9 Å². The van der Waals surface area contributed by atoms with E-state index < -0.39 is 24.0 Å². The van der Waals surface area contributed by atoms with Gasteiger partial charge in [-0.25, -0.2) is 20.2 Å². The van der Waals surface area contributed by atoms with Crippen LogP contribution in [0, 0.1) is 12.7 Å². The van der Waals surface area contributed by atoms with Gasteiger partial charge >= 0.3 is 6.18 Å². The third-order valence-electron chi connectivity index (χ3n) is 2.92. The maximum atomic E-state index is 13.9. The molecule has 0 saturated carbocycles. The number of rotatable bonds is 4. The van der Waals surface area contributed by atoms with E-state index >= 15 is 0 Å². The summed E-state index contributed by atoms with van der Waals surface area (Å²) in [7, 11) is 0. The van der Waals surface area contributed by atoms with Crippen molar-refractivity contribution in [3.63, 3.8) is 0 Å². The number of nitrogens with two attached hydrogens (primary N) is 1. The minimum atomic E-state index is -4.61. The summed E-state index contributed by atoms with van der Waals surface area (Å²) < 4.78 is 55.7. The highest BCUT2D eigenvalue weighted by molar-refractivity contribution is 5.61. The number of hydrazine groups is 1. The van der Waals surface area contributed by atoms with Gasteiger partial charge < -0.3 is 10.2 Å². The van der Waals surface area contributed by atoms with Crippen molar-refractivity contribution in [3.05, 3.63) is 30.0 Å². The quantitative estimate of drug-likeness (QED) is 0.509. The van der Waals surface area contributed by atoms with Gasteiger partial charge in [0.15, 0.2) is 17.7 Å². The molecular weight excluding hydrogens is 318 g/mol. The van der Waals surface area contributed by atoms with Gasteiger partial charge in [0.2, 0.25) is 0 Å². The lowest BCUT2D eigenvalue weighted by Gasteiger charge is -2.17. The van der Waals surface area contributed by atoms with Crippen molar-refractivity contribution < 1.29 is 22.3 Å². The number of nitrogens with zero attached hydrogens (tertiary/aromatic N) is 3. The molecule has 0 amide bonds. The smallest absolute Gasteiger partial charge is 0.425 e. The Morgan fingerprint density at radius 3 is 2.48 bits per heavy atom. The molecule has 0 fully saturated rings. The number of alkyl halides is 3. The number of ether oxygens (including phenoxy) is 1. The number of pyridine rings is 1. The SMILES string of the molecule is Cc1nc(NN)cnc1-c1cnc(O[C@@H](C)C(F)(F)F)c(F)c1. The first-order valence-electron chi connectivity index (χ1n) is 6.42. The van der Waals surface area contributed by atoms with Gasteiger partial charge in [-0.15, -0.1) is 0 Å². The minimum absolute atomic E-state index is 0.253. The molecule has 6 nitrogen and oxygen atoms in total. The second-order valence-corrected chi connectivity index (χ2v) is 4.65. The lowest BCUT2D eigenvalue weighted by atomic mass is 10.1. The Bertz CT molecular complexity index is 707. The Morgan fingerprint density at radius 2 is 1.96 bits per heavy atom. The number of hydrogen-bond acceptors (Lipinski definition) is 6. The second-order valence-electron chi connectivity index (χ2n) is 4.65. The van der Waals surface area contributed by atoms with Gasteiger partial charge in [0.25, 0.3) is 5.88 Å². The highest BCUT2D eigenvalue weighted by Crippen LogP contribution is 2.28. The van der Waals surface area contributed by atoms with E-state index in [2.05, 4.69) is 25.1 Å². The van der Waals surface area contributed by atoms with Crippen molar-refractivity contribution >= 4 is 5.82 Å². The normalized spacial score (nSPS) is 12.8. The fraction of sp³-hybridized carbons (Fsp3) is 0.308. The Morgan fingerprint density at radius 1 is 1.26 bits per heavy atom. The Labute approximate surface area is 128 Å². The molecule has 0 aromatic carbocycles. The summed E-state index contributed by atoms with van der Waals surface area (Å²) in [5.41, 5.74) is 3.33. The summed E-state index contributed by atoms with van der Waals surface area (Å²) in [4.78, 5) is 11.7. The van der Waals surface area contributed by atoms with Crippen molar-refractivity contribution in [3.8, 4) is 17.1 Å². The number of halogens is 4. The predicted molar refractivity (Wildman–Crippen MR) is 73.9 cm³/mol. The third kappa shape index (κ3) is 3.83. The summed E-state index contributed by atoms with van der Waals surface area (Å²) in [6.07, 6.45) is -4.29. The van der Waals surface area contributed by atoms with E-state index in [1.807, 2.05) is 0 Å². The number of nitrogen functional groups attached to an aromatic ring is 1. The first-order valence-corrected chi connectivity index (χ1v) is 6.42. The molecule has 23 heavy (non-hydrogen) atoms. The van der Waals surface area contributed by atoms with Crippen molar-refractivity contribution in [1.29, 1.82) is 0 Å². The Balaban J connectivity index is 2.29. The van der Waals surface area contributed by atoms with Crippen LogP contribution in [0.5, 0.6) is 5.88 Å². The van der Waals surface area contributed by atoms with Crippen molar-refractivity contribution in [1.82, 2.24) is 15.0 Å². The lowest BCUT2D eigenvalue weighted by Crippen LogP contribution is -2.31. The number of anilines is 1. The zero-order valence-electron chi connectivity index (χ0n) is 12.1. The summed E-state index contributed by atoms with van der Waals surface area (Å²) in [5.74, 6) is 3.76. The van der Waals surface area contributed by atoms with Crippen LogP contribution >= 0.6 is 0 Å². The molecule has 0 bridgehead atoms. The largest absolute Gasteiger partial charge is 0.463 e. The van der Waals surface area contributed by atoms with Crippen LogP contribution in [0.15, 0.2) is 18.5 Å². The van der Waals surface area contributed by atoms with E-state index in [0.717, 1.165) is 19.2 Å². The van der Waals surface area contributed by atoms with Gasteiger partial charge in [0, 0.05) is 11.8 Å². The van der Waals surface area contributed by atoms with E-state index in [0.29, 0.717) is 17.2 Å². The fourth-order valence-corrected chi connectivity index (χ4v) is 1.71. The van der Waals surface area contributed by atoms with E-state index in [9.17, 15) is 17.6 Å². The molecule has 2 rings (SSSR count). The molecular formula is C13H13F4N5O. The molecule has 1 atom stereocenters. The maximum Gasteiger partial charge on any atom is 0.425 e. The molecule has 2 aromatic rings. The van der Waals surface area contributed by atoms with E-state index in [1.54, 1.807) is 6.92 Å². The molecule has 3 N–H and O–H groups in total. The minimum Gasteiger partial charge on any atom is -0.463 e. The molecule has 0 radical (unpaired) electrons.